The molecule has 0 aliphatic rings. The number of carboxylic acid groups (broad SMARTS) is 1. The van der Waals surface area contributed by atoms with E-state index in [4.69, 9.17) is 13.8 Å². The van der Waals surface area contributed by atoms with Crippen molar-refractivity contribution in [2.24, 2.45) is 0 Å². The lowest BCUT2D eigenvalue weighted by Gasteiger charge is -2.16. The maximum absolute atomic E-state index is 13.9. The SMILES string of the molecule is CCOP(=O)(CC=CCOc1cc(-c2nc3ccc(F)cc3c(C(=O)O)c2C)ccc1-c1ccccc1)OCC. The second kappa shape index (κ2) is 13.0. The number of rotatable bonds is 12. The molecule has 0 fully saturated rings. The van der Waals surface area contributed by atoms with E-state index in [9.17, 15) is 18.9 Å². The van der Waals surface area contributed by atoms with Crippen molar-refractivity contribution in [1.82, 2.24) is 4.98 Å². The number of carboxylic acids is 1. The maximum atomic E-state index is 13.9. The van der Waals surface area contributed by atoms with Gasteiger partial charge in [0.25, 0.3) is 0 Å². The summed E-state index contributed by atoms with van der Waals surface area (Å²) in [6.45, 7) is 5.96. The molecule has 0 saturated carbocycles. The molecule has 9 heteroatoms. The molecule has 0 bridgehead atoms. The van der Waals surface area contributed by atoms with Crippen LogP contribution in [0.5, 0.6) is 5.75 Å². The first-order chi connectivity index (χ1) is 19.3. The largest absolute Gasteiger partial charge is 0.489 e. The third-order valence-electron chi connectivity index (χ3n) is 6.23. The Labute approximate surface area is 232 Å². The van der Waals surface area contributed by atoms with E-state index >= 15 is 0 Å². The lowest BCUT2D eigenvalue weighted by Crippen LogP contribution is -2.05. The van der Waals surface area contributed by atoms with E-state index in [0.717, 1.165) is 11.1 Å². The van der Waals surface area contributed by atoms with Crippen LogP contribution < -0.4 is 4.74 Å². The number of hydrogen-bond acceptors (Lipinski definition) is 6. The molecule has 0 spiro atoms. The number of aromatic nitrogens is 1. The van der Waals surface area contributed by atoms with Crippen LogP contribution in [-0.2, 0) is 13.6 Å². The van der Waals surface area contributed by atoms with Gasteiger partial charge in [-0.05, 0) is 62.2 Å². The monoisotopic (exact) mass is 563 g/mol. The Hall–Kier alpha value is -3.84. The minimum absolute atomic E-state index is 0.00469. The van der Waals surface area contributed by atoms with E-state index < -0.39 is 19.4 Å². The summed E-state index contributed by atoms with van der Waals surface area (Å²) in [5.41, 5.74) is 3.70. The van der Waals surface area contributed by atoms with Crippen LogP contribution in [0.2, 0.25) is 0 Å². The molecule has 0 aliphatic carbocycles. The highest BCUT2D eigenvalue weighted by molar-refractivity contribution is 7.54. The van der Waals surface area contributed by atoms with E-state index in [1.807, 2.05) is 48.5 Å². The molecule has 0 amide bonds. The molecule has 4 aromatic rings. The number of fused-ring (bicyclic) bond motifs is 1. The van der Waals surface area contributed by atoms with E-state index in [1.165, 1.54) is 18.2 Å². The molecule has 1 heterocycles. The van der Waals surface area contributed by atoms with Crippen molar-refractivity contribution in [2.45, 2.75) is 20.8 Å². The molecule has 0 aliphatic heterocycles. The quantitative estimate of drug-likeness (QED) is 0.138. The third-order valence-corrected chi connectivity index (χ3v) is 8.19. The number of ether oxygens (including phenoxy) is 1. The van der Waals surface area contributed by atoms with Crippen LogP contribution >= 0.6 is 7.60 Å². The third kappa shape index (κ3) is 6.65. The second-order valence-electron chi connectivity index (χ2n) is 8.92. The number of hydrogen-bond donors (Lipinski definition) is 1. The van der Waals surface area contributed by atoms with E-state index in [-0.39, 0.29) is 36.9 Å². The van der Waals surface area contributed by atoms with E-state index in [0.29, 0.717) is 28.1 Å². The molecule has 1 N–H and O–H groups in total. The average Bonchev–Trinajstić information content (AvgIpc) is 2.93. The van der Waals surface area contributed by atoms with Crippen LogP contribution in [0.1, 0.15) is 29.8 Å². The van der Waals surface area contributed by atoms with Crippen molar-refractivity contribution in [2.75, 3.05) is 26.0 Å². The van der Waals surface area contributed by atoms with Crippen molar-refractivity contribution in [3.63, 3.8) is 0 Å². The van der Waals surface area contributed by atoms with Gasteiger partial charge in [0.2, 0.25) is 0 Å². The highest BCUT2D eigenvalue weighted by Gasteiger charge is 2.22. The van der Waals surface area contributed by atoms with Crippen LogP contribution in [0.4, 0.5) is 4.39 Å². The van der Waals surface area contributed by atoms with Gasteiger partial charge in [0.15, 0.2) is 0 Å². The lowest BCUT2D eigenvalue weighted by atomic mass is 9.95. The first-order valence-electron chi connectivity index (χ1n) is 12.9. The number of benzene rings is 3. The molecule has 0 radical (unpaired) electrons. The van der Waals surface area contributed by atoms with Gasteiger partial charge in [-0.25, -0.2) is 14.2 Å². The Bertz CT molecular complexity index is 1580. The Kier molecular flexibility index (Phi) is 9.48. The highest BCUT2D eigenvalue weighted by Crippen LogP contribution is 2.47. The Morgan fingerprint density at radius 3 is 2.38 bits per heavy atom. The van der Waals surface area contributed by atoms with Crippen LogP contribution in [0.3, 0.4) is 0 Å². The van der Waals surface area contributed by atoms with Crippen LogP contribution in [0.25, 0.3) is 33.3 Å². The fraction of sp³-hybridized carbons (Fsp3) is 0.226. The van der Waals surface area contributed by atoms with Gasteiger partial charge in [-0.15, -0.1) is 0 Å². The number of aromatic carboxylic acids is 1. The Morgan fingerprint density at radius 1 is 0.975 bits per heavy atom. The van der Waals surface area contributed by atoms with Gasteiger partial charge in [0, 0.05) is 16.5 Å². The molecular weight excluding hydrogens is 532 g/mol. The lowest BCUT2D eigenvalue weighted by molar-refractivity contribution is 0.0698. The number of halogens is 1. The van der Waals surface area contributed by atoms with Crippen molar-refractivity contribution < 1.29 is 32.6 Å². The molecule has 4 rings (SSSR count). The van der Waals surface area contributed by atoms with Crippen LogP contribution in [-0.4, -0.2) is 42.0 Å². The van der Waals surface area contributed by atoms with Gasteiger partial charge in [-0.3, -0.25) is 4.57 Å². The zero-order valence-corrected chi connectivity index (χ0v) is 23.5. The summed E-state index contributed by atoms with van der Waals surface area (Å²) in [4.78, 5) is 16.9. The van der Waals surface area contributed by atoms with Gasteiger partial charge in [0.1, 0.15) is 18.2 Å². The fourth-order valence-electron chi connectivity index (χ4n) is 4.48. The fourth-order valence-corrected chi connectivity index (χ4v) is 5.96. The molecule has 0 unspecified atom stereocenters. The van der Waals surface area contributed by atoms with Crippen molar-refractivity contribution >= 4 is 24.5 Å². The predicted molar refractivity (Wildman–Crippen MR) is 155 cm³/mol. The van der Waals surface area contributed by atoms with Gasteiger partial charge >= 0.3 is 13.6 Å². The van der Waals surface area contributed by atoms with Crippen LogP contribution in [0, 0.1) is 12.7 Å². The van der Waals surface area contributed by atoms with Gasteiger partial charge < -0.3 is 18.9 Å². The van der Waals surface area contributed by atoms with Gasteiger partial charge in [-0.2, -0.15) is 0 Å². The molecular formula is C31H31FNO6P. The van der Waals surface area contributed by atoms with Crippen molar-refractivity contribution in [3.8, 4) is 28.1 Å². The number of nitrogens with zero attached hydrogens (tertiary/aromatic N) is 1. The Balaban J connectivity index is 1.71. The number of carbonyl (C=O) groups is 1. The van der Waals surface area contributed by atoms with E-state index in [1.54, 1.807) is 32.9 Å². The minimum Gasteiger partial charge on any atom is -0.489 e. The standard InChI is InChI=1S/C31H31FNO6P/c1-4-38-40(36,39-5-2)18-10-9-17-37-28-19-23(13-15-25(28)22-11-7-6-8-12-22)30-21(3)29(31(34)35)26-20-24(32)14-16-27(26)33-30/h6-16,19-20H,4-5,17-18H2,1-3H3,(H,34,35). The van der Waals surface area contributed by atoms with Crippen molar-refractivity contribution in [1.29, 1.82) is 0 Å². The molecule has 0 atom stereocenters. The summed E-state index contributed by atoms with van der Waals surface area (Å²) in [6, 6.07) is 19.2. The van der Waals surface area contributed by atoms with E-state index in [2.05, 4.69) is 4.98 Å². The summed E-state index contributed by atoms with van der Waals surface area (Å²) >= 11 is 0. The summed E-state index contributed by atoms with van der Waals surface area (Å²) in [6.07, 6.45) is 3.59. The number of allylic oxidation sites excluding steroid dienone is 1. The zero-order valence-electron chi connectivity index (χ0n) is 22.6. The normalized spacial score (nSPS) is 11.8. The van der Waals surface area contributed by atoms with Gasteiger partial charge in [0.05, 0.1) is 36.1 Å². The van der Waals surface area contributed by atoms with Gasteiger partial charge in [-0.1, -0.05) is 48.6 Å². The molecule has 7 nitrogen and oxygen atoms in total. The zero-order chi connectivity index (χ0) is 28.7. The Morgan fingerprint density at radius 2 is 1.70 bits per heavy atom. The molecule has 0 saturated heterocycles. The first kappa shape index (κ1) is 29.2. The first-order valence-corrected chi connectivity index (χ1v) is 14.7. The highest BCUT2D eigenvalue weighted by atomic mass is 31.2. The smallest absolute Gasteiger partial charge is 0.336 e. The molecule has 3 aromatic carbocycles. The molecule has 208 valence electrons. The maximum Gasteiger partial charge on any atom is 0.336 e. The minimum atomic E-state index is -3.20. The summed E-state index contributed by atoms with van der Waals surface area (Å²) in [5.74, 6) is -1.13. The van der Waals surface area contributed by atoms with Crippen molar-refractivity contribution in [3.05, 3.63) is 95.8 Å². The summed E-state index contributed by atoms with van der Waals surface area (Å²) < 4.78 is 43.4. The summed E-state index contributed by atoms with van der Waals surface area (Å²) in [5, 5.41) is 10.2. The molecule has 40 heavy (non-hydrogen) atoms. The second-order valence-corrected chi connectivity index (χ2v) is 11.0. The topological polar surface area (TPSA) is 95.0 Å². The molecule has 1 aromatic heterocycles. The predicted octanol–water partition coefficient (Wildman–Crippen LogP) is 7.92. The summed E-state index contributed by atoms with van der Waals surface area (Å²) in [7, 11) is -3.20. The van der Waals surface area contributed by atoms with Crippen LogP contribution in [0.15, 0.2) is 78.9 Å². The number of pyridine rings is 1. The average molecular weight is 564 g/mol.